The van der Waals surface area contributed by atoms with E-state index in [4.69, 9.17) is 21.0 Å². The van der Waals surface area contributed by atoms with E-state index in [1.165, 1.54) is 0 Å². The van der Waals surface area contributed by atoms with Gasteiger partial charge in [0, 0.05) is 61.3 Å². The second-order valence-corrected chi connectivity index (χ2v) is 8.02. The molecule has 152 valence electrons. The lowest BCUT2D eigenvalue weighted by Gasteiger charge is -2.12. The number of aromatic nitrogens is 1. The van der Waals surface area contributed by atoms with Gasteiger partial charge in [0.05, 0.1) is 0 Å². The molecular weight excluding hydrogens is 394 g/mol. The highest BCUT2D eigenvalue weighted by Crippen LogP contribution is 2.37. The molecule has 4 nitrogen and oxygen atoms in total. The molecule has 0 fully saturated rings. The van der Waals surface area contributed by atoms with E-state index in [1.807, 2.05) is 64.6 Å². The van der Waals surface area contributed by atoms with Crippen LogP contribution >= 0.6 is 11.6 Å². The fourth-order valence-corrected chi connectivity index (χ4v) is 3.38. The summed E-state index contributed by atoms with van der Waals surface area (Å²) in [6.45, 7) is 0. The van der Waals surface area contributed by atoms with Crippen LogP contribution in [-0.2, 0) is 0 Å². The van der Waals surface area contributed by atoms with Gasteiger partial charge in [0.2, 0.25) is 5.89 Å². The highest BCUT2D eigenvalue weighted by molar-refractivity contribution is 6.30. The SMILES string of the molecule is CN(C)c1ccc(-c2nc(-c3ccc(Cl)cc3)c(-c3ccc(N(C)C)cc3)o2)cc1. The highest BCUT2D eigenvalue weighted by Gasteiger charge is 2.18. The fraction of sp³-hybridized carbons (Fsp3) is 0.160. The van der Waals surface area contributed by atoms with Crippen LogP contribution in [0, 0.1) is 0 Å². The van der Waals surface area contributed by atoms with Gasteiger partial charge in [-0.05, 0) is 60.7 Å². The van der Waals surface area contributed by atoms with E-state index in [2.05, 4.69) is 46.2 Å². The van der Waals surface area contributed by atoms with Crippen LogP contribution in [0.2, 0.25) is 5.02 Å². The third-order valence-corrected chi connectivity index (χ3v) is 5.27. The van der Waals surface area contributed by atoms with Crippen molar-refractivity contribution in [3.8, 4) is 34.0 Å². The molecule has 0 aliphatic heterocycles. The summed E-state index contributed by atoms with van der Waals surface area (Å²) >= 11 is 6.09. The van der Waals surface area contributed by atoms with Crippen molar-refractivity contribution in [2.75, 3.05) is 38.0 Å². The first-order chi connectivity index (χ1) is 14.4. The van der Waals surface area contributed by atoms with E-state index in [1.54, 1.807) is 0 Å². The Bertz CT molecular complexity index is 1130. The largest absolute Gasteiger partial charge is 0.435 e. The average molecular weight is 418 g/mol. The molecule has 0 aliphatic carbocycles. The van der Waals surface area contributed by atoms with E-state index in [-0.39, 0.29) is 0 Å². The third kappa shape index (κ3) is 4.05. The summed E-state index contributed by atoms with van der Waals surface area (Å²) in [5.41, 5.74) is 5.94. The molecule has 0 aliphatic rings. The summed E-state index contributed by atoms with van der Waals surface area (Å²) < 4.78 is 6.30. The molecular formula is C25H24ClN3O. The molecule has 1 heterocycles. The topological polar surface area (TPSA) is 32.5 Å². The normalized spacial score (nSPS) is 10.8. The second kappa shape index (κ2) is 8.25. The summed E-state index contributed by atoms with van der Waals surface area (Å²) in [5.74, 6) is 1.34. The predicted molar refractivity (Wildman–Crippen MR) is 126 cm³/mol. The van der Waals surface area contributed by atoms with Crippen molar-refractivity contribution in [2.45, 2.75) is 0 Å². The van der Waals surface area contributed by atoms with Crippen LogP contribution in [0.4, 0.5) is 11.4 Å². The molecule has 0 bridgehead atoms. The minimum absolute atomic E-state index is 0.594. The van der Waals surface area contributed by atoms with Crippen molar-refractivity contribution in [1.29, 1.82) is 0 Å². The molecule has 4 aromatic rings. The highest BCUT2D eigenvalue weighted by atomic mass is 35.5. The van der Waals surface area contributed by atoms with Gasteiger partial charge in [0.1, 0.15) is 5.69 Å². The molecule has 0 atom stereocenters. The summed E-state index contributed by atoms with van der Waals surface area (Å²) in [6, 6.07) is 24.2. The monoisotopic (exact) mass is 417 g/mol. The maximum absolute atomic E-state index is 6.30. The van der Waals surface area contributed by atoms with Gasteiger partial charge in [-0.1, -0.05) is 23.7 Å². The van der Waals surface area contributed by atoms with Crippen LogP contribution < -0.4 is 9.80 Å². The van der Waals surface area contributed by atoms with Gasteiger partial charge in [0.15, 0.2) is 5.76 Å². The Balaban J connectivity index is 1.81. The minimum Gasteiger partial charge on any atom is -0.435 e. The zero-order valence-corrected chi connectivity index (χ0v) is 18.3. The Labute approximate surface area is 182 Å². The van der Waals surface area contributed by atoms with Crippen LogP contribution in [0.3, 0.4) is 0 Å². The molecule has 0 saturated heterocycles. The third-order valence-electron chi connectivity index (χ3n) is 5.02. The zero-order chi connectivity index (χ0) is 21.3. The van der Waals surface area contributed by atoms with Crippen molar-refractivity contribution >= 4 is 23.0 Å². The zero-order valence-electron chi connectivity index (χ0n) is 17.6. The van der Waals surface area contributed by atoms with Crippen molar-refractivity contribution in [2.24, 2.45) is 0 Å². The smallest absolute Gasteiger partial charge is 0.227 e. The number of hydrogen-bond donors (Lipinski definition) is 0. The van der Waals surface area contributed by atoms with Crippen molar-refractivity contribution in [3.05, 3.63) is 77.8 Å². The number of hydrogen-bond acceptors (Lipinski definition) is 4. The Morgan fingerprint density at radius 1 is 0.633 bits per heavy atom. The predicted octanol–water partition coefficient (Wildman–Crippen LogP) is 6.46. The van der Waals surface area contributed by atoms with E-state index in [9.17, 15) is 0 Å². The summed E-state index contributed by atoms with van der Waals surface area (Å²) in [4.78, 5) is 8.99. The van der Waals surface area contributed by atoms with Crippen LogP contribution in [0.25, 0.3) is 34.0 Å². The van der Waals surface area contributed by atoms with Gasteiger partial charge in [-0.25, -0.2) is 4.98 Å². The second-order valence-electron chi connectivity index (χ2n) is 7.59. The summed E-state index contributed by atoms with van der Waals surface area (Å²) in [5, 5.41) is 0.693. The van der Waals surface area contributed by atoms with Crippen molar-refractivity contribution < 1.29 is 4.42 Å². The molecule has 0 radical (unpaired) electrons. The Morgan fingerprint density at radius 3 is 1.60 bits per heavy atom. The number of rotatable bonds is 5. The molecule has 4 rings (SSSR count). The van der Waals surface area contributed by atoms with Gasteiger partial charge >= 0.3 is 0 Å². The molecule has 3 aromatic carbocycles. The lowest BCUT2D eigenvalue weighted by molar-refractivity contribution is 0.589. The van der Waals surface area contributed by atoms with E-state index in [0.717, 1.165) is 39.5 Å². The van der Waals surface area contributed by atoms with Gasteiger partial charge in [0.25, 0.3) is 0 Å². The van der Waals surface area contributed by atoms with Crippen LogP contribution in [0.1, 0.15) is 0 Å². The number of anilines is 2. The molecule has 0 saturated carbocycles. The van der Waals surface area contributed by atoms with Crippen LogP contribution in [-0.4, -0.2) is 33.2 Å². The van der Waals surface area contributed by atoms with Crippen molar-refractivity contribution in [3.63, 3.8) is 0 Å². The Hall–Kier alpha value is -3.24. The standard InChI is InChI=1S/C25H24ClN3O/c1-28(2)21-13-7-18(8-14-21)24-23(17-5-11-20(26)12-6-17)27-25(30-24)19-9-15-22(16-10-19)29(3)4/h5-16H,1-4H3. The maximum Gasteiger partial charge on any atom is 0.227 e. The van der Waals surface area contributed by atoms with Gasteiger partial charge < -0.3 is 14.2 Å². The lowest BCUT2D eigenvalue weighted by atomic mass is 10.1. The lowest BCUT2D eigenvalue weighted by Crippen LogP contribution is -2.07. The van der Waals surface area contributed by atoms with E-state index in [0.29, 0.717) is 10.9 Å². The van der Waals surface area contributed by atoms with Gasteiger partial charge in [-0.15, -0.1) is 0 Å². The first kappa shape index (κ1) is 20.0. The Kier molecular flexibility index (Phi) is 5.51. The van der Waals surface area contributed by atoms with E-state index < -0.39 is 0 Å². The van der Waals surface area contributed by atoms with Crippen molar-refractivity contribution in [1.82, 2.24) is 4.98 Å². The molecule has 0 spiro atoms. The molecule has 5 heteroatoms. The maximum atomic E-state index is 6.30. The molecule has 30 heavy (non-hydrogen) atoms. The number of nitrogens with zero attached hydrogens (tertiary/aromatic N) is 3. The van der Waals surface area contributed by atoms with Crippen LogP contribution in [0.15, 0.2) is 77.2 Å². The summed E-state index contributed by atoms with van der Waals surface area (Å²) in [7, 11) is 8.10. The fourth-order valence-electron chi connectivity index (χ4n) is 3.26. The molecule has 0 N–H and O–H groups in total. The first-order valence-corrected chi connectivity index (χ1v) is 10.1. The Morgan fingerprint density at radius 2 is 1.10 bits per heavy atom. The number of benzene rings is 3. The summed E-state index contributed by atoms with van der Waals surface area (Å²) in [6.07, 6.45) is 0. The molecule has 1 aromatic heterocycles. The van der Waals surface area contributed by atoms with E-state index >= 15 is 0 Å². The minimum atomic E-state index is 0.594. The molecule has 0 amide bonds. The number of oxazole rings is 1. The average Bonchev–Trinajstić information content (AvgIpc) is 3.20. The van der Waals surface area contributed by atoms with Crippen LogP contribution in [0.5, 0.6) is 0 Å². The molecule has 0 unspecified atom stereocenters. The van der Waals surface area contributed by atoms with Gasteiger partial charge in [-0.3, -0.25) is 0 Å². The first-order valence-electron chi connectivity index (χ1n) is 9.74. The number of halogens is 1. The van der Waals surface area contributed by atoms with Gasteiger partial charge in [-0.2, -0.15) is 0 Å². The quantitative estimate of drug-likeness (QED) is 0.373.